The zero-order valence-electron chi connectivity index (χ0n) is 13.6. The summed E-state index contributed by atoms with van der Waals surface area (Å²) in [6.07, 6.45) is 0. The molecule has 1 aliphatic rings. The summed E-state index contributed by atoms with van der Waals surface area (Å²) in [7, 11) is 0. The van der Waals surface area contributed by atoms with Crippen molar-refractivity contribution in [2.75, 3.05) is 0 Å². The van der Waals surface area contributed by atoms with Gasteiger partial charge in [-0.05, 0) is 30.3 Å². The maximum atomic E-state index is 13.1. The van der Waals surface area contributed by atoms with Crippen LogP contribution in [0.25, 0.3) is 16.6 Å². The van der Waals surface area contributed by atoms with Gasteiger partial charge in [-0.3, -0.25) is 9.36 Å². The minimum atomic E-state index is -0.125. The Morgan fingerprint density at radius 3 is 2.50 bits per heavy atom. The number of benzene rings is 3. The van der Waals surface area contributed by atoms with Gasteiger partial charge in [0, 0.05) is 5.56 Å². The van der Waals surface area contributed by atoms with E-state index in [-0.39, 0.29) is 11.3 Å². The van der Waals surface area contributed by atoms with Crippen LogP contribution in [-0.4, -0.2) is 20.4 Å². The highest BCUT2D eigenvalue weighted by atomic mass is 16.3. The van der Waals surface area contributed by atoms with Crippen LogP contribution in [0.15, 0.2) is 82.6 Å². The minimum Gasteiger partial charge on any atom is -0.506 e. The van der Waals surface area contributed by atoms with Crippen molar-refractivity contribution in [2.24, 2.45) is 4.99 Å². The Hall–Kier alpha value is -3.73. The molecule has 5 nitrogen and oxygen atoms in total. The Kier molecular flexibility index (Phi) is 3.03. The summed E-state index contributed by atoms with van der Waals surface area (Å²) in [5.41, 5.74) is 3.08. The van der Waals surface area contributed by atoms with Crippen molar-refractivity contribution in [3.63, 3.8) is 0 Å². The normalized spacial score (nSPS) is 13.8. The Morgan fingerprint density at radius 2 is 1.62 bits per heavy atom. The van der Waals surface area contributed by atoms with Crippen molar-refractivity contribution in [1.82, 2.24) is 9.55 Å². The molecule has 4 aromatic rings. The first-order chi connectivity index (χ1) is 12.7. The van der Waals surface area contributed by atoms with E-state index in [4.69, 9.17) is 0 Å². The van der Waals surface area contributed by atoms with Crippen LogP contribution in [0, 0.1) is 0 Å². The first kappa shape index (κ1) is 14.6. The van der Waals surface area contributed by atoms with Gasteiger partial charge in [-0.2, -0.15) is 0 Å². The lowest BCUT2D eigenvalue weighted by Crippen LogP contribution is -2.21. The molecule has 3 aromatic carbocycles. The number of fused-ring (bicyclic) bond motifs is 4. The van der Waals surface area contributed by atoms with Crippen LogP contribution in [0.3, 0.4) is 0 Å². The van der Waals surface area contributed by atoms with Gasteiger partial charge in [0.1, 0.15) is 17.1 Å². The highest BCUT2D eigenvalue weighted by Gasteiger charge is 2.28. The molecular weight excluding hydrogens is 326 g/mol. The van der Waals surface area contributed by atoms with E-state index in [1.54, 1.807) is 34.9 Å². The van der Waals surface area contributed by atoms with Crippen molar-refractivity contribution >= 4 is 22.3 Å². The number of phenols is 1. The van der Waals surface area contributed by atoms with Crippen molar-refractivity contribution < 1.29 is 5.11 Å². The molecule has 0 saturated carbocycles. The summed E-state index contributed by atoms with van der Waals surface area (Å²) in [5, 5.41) is 10.7. The molecule has 26 heavy (non-hydrogen) atoms. The number of rotatable bonds is 1. The molecule has 1 aromatic heterocycles. The SMILES string of the molecule is O=c1c2ccccc2nc2n1-c1ccccc1C2=Nc1ccccc1O. The molecular formula is C21H13N3O2. The highest BCUT2D eigenvalue weighted by molar-refractivity contribution is 6.17. The van der Waals surface area contributed by atoms with Crippen LogP contribution in [0.4, 0.5) is 5.69 Å². The van der Waals surface area contributed by atoms with Crippen molar-refractivity contribution in [3.05, 3.63) is 94.5 Å². The molecule has 1 N–H and O–H groups in total. The lowest BCUT2D eigenvalue weighted by Gasteiger charge is -2.06. The molecule has 2 heterocycles. The van der Waals surface area contributed by atoms with E-state index in [1.807, 2.05) is 42.5 Å². The van der Waals surface area contributed by atoms with E-state index < -0.39 is 0 Å². The van der Waals surface area contributed by atoms with Gasteiger partial charge in [0.2, 0.25) is 0 Å². The number of nitrogens with zero attached hydrogens (tertiary/aromatic N) is 3. The molecule has 1 aliphatic heterocycles. The molecule has 0 spiro atoms. The Balaban J connectivity index is 1.90. The first-order valence-electron chi connectivity index (χ1n) is 8.23. The number of phenolic OH excluding ortho intramolecular Hbond substituents is 1. The van der Waals surface area contributed by atoms with Gasteiger partial charge in [-0.15, -0.1) is 0 Å². The largest absolute Gasteiger partial charge is 0.506 e. The van der Waals surface area contributed by atoms with Gasteiger partial charge >= 0.3 is 0 Å². The predicted octanol–water partition coefficient (Wildman–Crippen LogP) is 3.57. The van der Waals surface area contributed by atoms with Crippen LogP contribution in [-0.2, 0) is 0 Å². The molecule has 0 atom stereocenters. The third kappa shape index (κ3) is 2.01. The molecule has 0 fully saturated rings. The monoisotopic (exact) mass is 339 g/mol. The standard InChI is InChI=1S/C21H13N3O2/c25-18-12-6-4-10-16(18)22-19-14-8-2-5-11-17(14)24-20(19)23-15-9-3-1-7-13(15)21(24)26/h1-12,25H. The maximum Gasteiger partial charge on any atom is 0.266 e. The number of aliphatic imine (C=N–C) groups is 1. The second-order valence-electron chi connectivity index (χ2n) is 6.06. The number of hydrogen-bond acceptors (Lipinski definition) is 4. The van der Waals surface area contributed by atoms with Crippen LogP contribution in [0.5, 0.6) is 5.75 Å². The molecule has 0 saturated heterocycles. The summed E-state index contributed by atoms with van der Waals surface area (Å²) >= 11 is 0. The smallest absolute Gasteiger partial charge is 0.266 e. The summed E-state index contributed by atoms with van der Waals surface area (Å²) < 4.78 is 1.59. The molecule has 0 unspecified atom stereocenters. The van der Waals surface area contributed by atoms with Crippen molar-refractivity contribution in [1.29, 1.82) is 0 Å². The first-order valence-corrected chi connectivity index (χ1v) is 8.23. The van der Waals surface area contributed by atoms with Gasteiger partial charge in [0.25, 0.3) is 5.56 Å². The van der Waals surface area contributed by atoms with Gasteiger partial charge in [0.05, 0.1) is 16.6 Å². The van der Waals surface area contributed by atoms with E-state index in [1.165, 1.54) is 0 Å². The van der Waals surface area contributed by atoms with Crippen LogP contribution in [0.1, 0.15) is 11.4 Å². The van der Waals surface area contributed by atoms with Crippen LogP contribution in [0.2, 0.25) is 0 Å². The molecule has 0 radical (unpaired) electrons. The number of aromatic nitrogens is 2. The second kappa shape index (κ2) is 5.39. The van der Waals surface area contributed by atoms with E-state index in [2.05, 4.69) is 9.98 Å². The topological polar surface area (TPSA) is 67.5 Å². The Bertz CT molecular complexity index is 1270. The van der Waals surface area contributed by atoms with Crippen LogP contribution < -0.4 is 5.56 Å². The average molecular weight is 339 g/mol. The van der Waals surface area contributed by atoms with E-state index in [0.717, 1.165) is 11.3 Å². The molecule has 5 heteroatoms. The predicted molar refractivity (Wildman–Crippen MR) is 101 cm³/mol. The Morgan fingerprint density at radius 1 is 0.885 bits per heavy atom. The third-order valence-electron chi connectivity index (χ3n) is 4.50. The molecule has 0 bridgehead atoms. The fourth-order valence-corrected chi connectivity index (χ4v) is 3.29. The summed E-state index contributed by atoms with van der Waals surface area (Å²) in [4.78, 5) is 22.4. The van der Waals surface area contributed by atoms with Crippen LogP contribution >= 0.6 is 0 Å². The summed E-state index contributed by atoms with van der Waals surface area (Å²) in [5.74, 6) is 0.567. The Labute approximate surface area is 148 Å². The fourth-order valence-electron chi connectivity index (χ4n) is 3.29. The number of para-hydroxylation sites is 4. The number of aromatic hydroxyl groups is 1. The molecule has 0 aliphatic carbocycles. The zero-order chi connectivity index (χ0) is 17.7. The van der Waals surface area contributed by atoms with Gasteiger partial charge in [-0.25, -0.2) is 9.98 Å². The van der Waals surface area contributed by atoms with E-state index >= 15 is 0 Å². The highest BCUT2D eigenvalue weighted by Crippen LogP contribution is 2.31. The molecule has 124 valence electrons. The fraction of sp³-hybridized carbons (Fsp3) is 0. The summed E-state index contributed by atoms with van der Waals surface area (Å²) in [6.45, 7) is 0. The third-order valence-corrected chi connectivity index (χ3v) is 4.50. The van der Waals surface area contributed by atoms with Crippen molar-refractivity contribution in [2.45, 2.75) is 0 Å². The lowest BCUT2D eigenvalue weighted by atomic mass is 10.1. The second-order valence-corrected chi connectivity index (χ2v) is 6.06. The van der Waals surface area contributed by atoms with Gasteiger partial charge in [0.15, 0.2) is 5.82 Å². The quantitative estimate of drug-likeness (QED) is 0.508. The lowest BCUT2D eigenvalue weighted by molar-refractivity contribution is 0.477. The van der Waals surface area contributed by atoms with E-state index in [0.29, 0.717) is 28.1 Å². The molecule has 5 rings (SSSR count). The molecule has 0 amide bonds. The summed E-state index contributed by atoms with van der Waals surface area (Å²) in [6, 6.07) is 21.7. The number of hydrogen-bond donors (Lipinski definition) is 1. The van der Waals surface area contributed by atoms with E-state index in [9.17, 15) is 9.90 Å². The van der Waals surface area contributed by atoms with Gasteiger partial charge in [-0.1, -0.05) is 42.5 Å². The minimum absolute atomic E-state index is 0.0825. The average Bonchev–Trinajstić information content (AvgIpc) is 2.98. The zero-order valence-corrected chi connectivity index (χ0v) is 13.6. The maximum absolute atomic E-state index is 13.1. The van der Waals surface area contributed by atoms with Crippen molar-refractivity contribution in [3.8, 4) is 11.4 Å². The van der Waals surface area contributed by atoms with Gasteiger partial charge < -0.3 is 5.11 Å².